The lowest BCUT2D eigenvalue weighted by molar-refractivity contribution is 0.262. The molecule has 2 amide bonds. The average molecular weight is 554 g/mol. The van der Waals surface area contributed by atoms with Crippen molar-refractivity contribution in [3.8, 4) is 17.1 Å². The summed E-state index contributed by atoms with van der Waals surface area (Å²) >= 11 is 3.14. The van der Waals surface area contributed by atoms with Crippen molar-refractivity contribution < 1.29 is 13.7 Å². The first-order valence-electron chi connectivity index (χ1n) is 11.3. The van der Waals surface area contributed by atoms with Crippen molar-refractivity contribution in [2.24, 2.45) is 5.92 Å². The van der Waals surface area contributed by atoms with E-state index in [0.717, 1.165) is 5.56 Å². The minimum Gasteiger partial charge on any atom is -0.383 e. The van der Waals surface area contributed by atoms with Crippen molar-refractivity contribution in [1.82, 2.24) is 9.72 Å². The molecule has 8 nitrogen and oxygen atoms in total. The predicted molar refractivity (Wildman–Crippen MR) is 142 cm³/mol. The number of urea groups is 1. The van der Waals surface area contributed by atoms with Gasteiger partial charge in [0.25, 0.3) is 0 Å². The van der Waals surface area contributed by atoms with Crippen LogP contribution in [0, 0.1) is 18.7 Å². The summed E-state index contributed by atoms with van der Waals surface area (Å²) in [5, 5.41) is 13.0. The fourth-order valence-electron chi connectivity index (χ4n) is 3.46. The summed E-state index contributed by atoms with van der Waals surface area (Å²) in [6.45, 7) is 6.81. The van der Waals surface area contributed by atoms with Gasteiger partial charge in [0.15, 0.2) is 5.82 Å². The average Bonchev–Trinajstić information content (AvgIpc) is 3.22. The van der Waals surface area contributed by atoms with E-state index in [4.69, 9.17) is 4.52 Å². The van der Waals surface area contributed by atoms with Gasteiger partial charge in [0, 0.05) is 17.8 Å². The number of aryl methyl sites for hydroxylation is 1. The highest BCUT2D eigenvalue weighted by Crippen LogP contribution is 2.30. The van der Waals surface area contributed by atoms with Crippen molar-refractivity contribution in [2.45, 2.75) is 20.8 Å². The molecule has 4 rings (SSSR count). The van der Waals surface area contributed by atoms with Crippen molar-refractivity contribution in [3.05, 3.63) is 87.1 Å². The molecule has 0 bridgehead atoms. The van der Waals surface area contributed by atoms with Crippen LogP contribution >= 0.6 is 15.9 Å². The minimum atomic E-state index is -0.725. The molecule has 0 aliphatic heterocycles. The van der Waals surface area contributed by atoms with Crippen LogP contribution in [0.5, 0.6) is 0 Å². The number of nitrogens with one attached hydrogen (secondary N) is 3. The highest BCUT2D eigenvalue weighted by Gasteiger charge is 2.18. The Kier molecular flexibility index (Phi) is 7.54. The van der Waals surface area contributed by atoms with Crippen LogP contribution in [0.25, 0.3) is 17.1 Å². The molecule has 3 N–H and O–H groups in total. The number of aromatic nitrogens is 2. The molecule has 0 saturated heterocycles. The van der Waals surface area contributed by atoms with E-state index in [-0.39, 0.29) is 10.3 Å². The molecule has 0 atom stereocenters. The second kappa shape index (κ2) is 10.8. The summed E-state index contributed by atoms with van der Waals surface area (Å²) in [5.74, 6) is -0.610. The lowest BCUT2D eigenvalue weighted by Gasteiger charge is -2.16. The zero-order valence-corrected chi connectivity index (χ0v) is 21.5. The molecule has 0 aliphatic rings. The summed E-state index contributed by atoms with van der Waals surface area (Å²) in [6, 6.07) is 16.4. The Bertz CT molecular complexity index is 1450. The molecule has 0 radical (unpaired) electrons. The molecule has 0 fully saturated rings. The fraction of sp³-hybridized carbons (Fsp3) is 0.192. The van der Waals surface area contributed by atoms with Gasteiger partial charge in [-0.25, -0.2) is 18.5 Å². The largest absolute Gasteiger partial charge is 0.446 e. The van der Waals surface area contributed by atoms with E-state index in [1.165, 1.54) is 22.8 Å². The SMILES string of the molecule is Cc1ccc(NC(=O)Nc2cc(-c3noc(=O)n3-c3ccc(F)c(Br)c3)ccc2NCC(C)C)cc1. The molecule has 0 spiro atoms. The van der Waals surface area contributed by atoms with Gasteiger partial charge < -0.3 is 16.0 Å². The standard InChI is InChI=1S/C26H25BrFN5O3/c1-15(2)14-29-22-11-6-17(12-23(22)31-25(34)30-18-7-4-16(3)5-8-18)24-32-36-26(35)33(24)19-9-10-21(28)20(27)13-19/h4-13,15,29H,14H2,1-3H3,(H2,30,31,34). The zero-order chi connectivity index (χ0) is 25.8. The molecule has 36 heavy (non-hydrogen) atoms. The van der Waals surface area contributed by atoms with E-state index in [2.05, 4.69) is 50.9 Å². The number of benzene rings is 3. The van der Waals surface area contributed by atoms with E-state index >= 15 is 0 Å². The van der Waals surface area contributed by atoms with Crippen LogP contribution in [0.4, 0.5) is 26.2 Å². The Morgan fingerprint density at radius 2 is 1.81 bits per heavy atom. The maximum absolute atomic E-state index is 13.8. The van der Waals surface area contributed by atoms with Gasteiger partial charge in [-0.15, -0.1) is 0 Å². The quantitative estimate of drug-likeness (QED) is 0.245. The number of hydrogen-bond acceptors (Lipinski definition) is 5. The summed E-state index contributed by atoms with van der Waals surface area (Å²) in [4.78, 5) is 25.3. The third-order valence-corrected chi connectivity index (χ3v) is 5.91. The molecule has 0 saturated carbocycles. The van der Waals surface area contributed by atoms with Gasteiger partial charge in [-0.3, -0.25) is 4.52 Å². The third-order valence-electron chi connectivity index (χ3n) is 5.30. The summed E-state index contributed by atoms with van der Waals surface area (Å²) in [5.41, 5.74) is 3.81. The van der Waals surface area contributed by atoms with Gasteiger partial charge >= 0.3 is 11.8 Å². The number of halogens is 2. The highest BCUT2D eigenvalue weighted by atomic mass is 79.9. The van der Waals surface area contributed by atoms with Crippen molar-refractivity contribution in [3.63, 3.8) is 0 Å². The molecule has 0 unspecified atom stereocenters. The number of amides is 2. The van der Waals surface area contributed by atoms with E-state index < -0.39 is 17.6 Å². The Morgan fingerprint density at radius 1 is 1.06 bits per heavy atom. The second-order valence-corrected chi connectivity index (χ2v) is 9.54. The fourth-order valence-corrected chi connectivity index (χ4v) is 3.83. The minimum absolute atomic E-state index is 0.197. The van der Waals surface area contributed by atoms with Crippen molar-refractivity contribution in [1.29, 1.82) is 0 Å². The topological polar surface area (TPSA) is 101 Å². The van der Waals surface area contributed by atoms with Crippen LogP contribution in [0.1, 0.15) is 19.4 Å². The summed E-state index contributed by atoms with van der Waals surface area (Å²) < 4.78 is 20.1. The normalized spacial score (nSPS) is 10.9. The number of anilines is 3. The van der Waals surface area contributed by atoms with E-state index in [1.54, 1.807) is 18.2 Å². The zero-order valence-electron chi connectivity index (χ0n) is 19.9. The monoisotopic (exact) mass is 553 g/mol. The van der Waals surface area contributed by atoms with Gasteiger partial charge in [-0.1, -0.05) is 36.7 Å². The molecule has 0 aliphatic carbocycles. The van der Waals surface area contributed by atoms with Crippen molar-refractivity contribution >= 4 is 39.0 Å². The van der Waals surface area contributed by atoms with Crippen LogP contribution in [0.3, 0.4) is 0 Å². The number of nitrogens with zero attached hydrogens (tertiary/aromatic N) is 2. The lowest BCUT2D eigenvalue weighted by Crippen LogP contribution is -2.21. The van der Waals surface area contributed by atoms with Crippen LogP contribution < -0.4 is 21.7 Å². The lowest BCUT2D eigenvalue weighted by atomic mass is 10.1. The first kappa shape index (κ1) is 25.2. The summed E-state index contributed by atoms with van der Waals surface area (Å²) in [6.07, 6.45) is 0. The van der Waals surface area contributed by atoms with Gasteiger partial charge in [-0.05, 0) is 77.3 Å². The number of carbonyl (C=O) groups excluding carboxylic acids is 1. The molecule has 186 valence electrons. The molecule has 3 aromatic carbocycles. The third kappa shape index (κ3) is 5.83. The molecular weight excluding hydrogens is 529 g/mol. The number of hydrogen-bond donors (Lipinski definition) is 3. The van der Waals surface area contributed by atoms with Crippen LogP contribution in [0.15, 0.2) is 74.5 Å². The molecule has 1 heterocycles. The van der Waals surface area contributed by atoms with Crippen LogP contribution in [-0.2, 0) is 0 Å². The van der Waals surface area contributed by atoms with Gasteiger partial charge in [-0.2, -0.15) is 0 Å². The smallest absolute Gasteiger partial charge is 0.383 e. The van der Waals surface area contributed by atoms with Crippen LogP contribution in [0.2, 0.25) is 0 Å². The molecular formula is C26H25BrFN5O3. The van der Waals surface area contributed by atoms with Gasteiger partial charge in [0.1, 0.15) is 5.82 Å². The number of carbonyl (C=O) groups is 1. The predicted octanol–water partition coefficient (Wildman–Crippen LogP) is 6.41. The Balaban J connectivity index is 1.69. The van der Waals surface area contributed by atoms with Gasteiger partial charge in [0.05, 0.1) is 21.5 Å². The Labute approximate surface area is 215 Å². The molecule has 4 aromatic rings. The first-order valence-corrected chi connectivity index (χ1v) is 12.1. The molecule has 1 aromatic heterocycles. The maximum Gasteiger partial charge on any atom is 0.446 e. The van der Waals surface area contributed by atoms with Crippen molar-refractivity contribution in [2.75, 3.05) is 22.5 Å². The molecule has 10 heteroatoms. The van der Waals surface area contributed by atoms with Gasteiger partial charge in [0.2, 0.25) is 0 Å². The Morgan fingerprint density at radius 3 is 2.50 bits per heavy atom. The summed E-state index contributed by atoms with van der Waals surface area (Å²) in [7, 11) is 0. The van der Waals surface area contributed by atoms with E-state index in [9.17, 15) is 14.0 Å². The van der Waals surface area contributed by atoms with Crippen LogP contribution in [-0.4, -0.2) is 22.3 Å². The number of rotatable bonds is 7. The van der Waals surface area contributed by atoms with E-state index in [0.29, 0.717) is 40.8 Å². The highest BCUT2D eigenvalue weighted by molar-refractivity contribution is 9.10. The first-order chi connectivity index (χ1) is 17.2. The second-order valence-electron chi connectivity index (χ2n) is 8.69. The Hall–Kier alpha value is -3.92. The van der Waals surface area contributed by atoms with E-state index in [1.807, 2.05) is 31.2 Å². The maximum atomic E-state index is 13.8.